The minimum atomic E-state index is 0.413. The van der Waals surface area contributed by atoms with Crippen LogP contribution in [-0.2, 0) is 11.3 Å². The molecule has 0 unspecified atom stereocenters. The Hall–Kier alpha value is -0.770. The van der Waals surface area contributed by atoms with Gasteiger partial charge in [-0.2, -0.15) is 0 Å². The Morgan fingerprint density at radius 3 is 2.74 bits per heavy atom. The molecule has 0 aliphatic carbocycles. The van der Waals surface area contributed by atoms with Gasteiger partial charge in [0.2, 0.25) is 0 Å². The molecule has 2 rings (SSSR count). The van der Waals surface area contributed by atoms with Crippen LogP contribution in [0.2, 0.25) is 5.02 Å². The van der Waals surface area contributed by atoms with Gasteiger partial charge in [-0.05, 0) is 38.4 Å². The molecule has 0 atom stereocenters. The van der Waals surface area contributed by atoms with Crippen molar-refractivity contribution in [3.63, 3.8) is 0 Å². The molecule has 1 N–H and O–H groups in total. The number of hydrogen-bond acceptors (Lipinski definition) is 3. The summed E-state index contributed by atoms with van der Waals surface area (Å²) >= 11 is 6.40. The lowest BCUT2D eigenvalue weighted by atomic mass is 10.0. The lowest BCUT2D eigenvalue weighted by Gasteiger charge is -2.35. The summed E-state index contributed by atoms with van der Waals surface area (Å²) < 4.78 is 5.70. The predicted molar refractivity (Wildman–Crippen MR) is 81.1 cm³/mol. The van der Waals surface area contributed by atoms with Crippen LogP contribution in [0.5, 0.6) is 0 Å². The van der Waals surface area contributed by atoms with Crippen LogP contribution in [0, 0.1) is 0 Å². The highest BCUT2D eigenvalue weighted by Crippen LogP contribution is 2.32. The van der Waals surface area contributed by atoms with Gasteiger partial charge in [0.05, 0.1) is 16.8 Å². The molecule has 1 aromatic carbocycles. The number of anilines is 1. The fraction of sp³-hybridized carbons (Fsp3) is 0.600. The summed E-state index contributed by atoms with van der Waals surface area (Å²) in [5, 5.41) is 4.06. The maximum absolute atomic E-state index is 6.40. The molecule has 4 heteroatoms. The van der Waals surface area contributed by atoms with Gasteiger partial charge in [-0.1, -0.05) is 23.7 Å². The van der Waals surface area contributed by atoms with Gasteiger partial charge in [0.15, 0.2) is 0 Å². The first kappa shape index (κ1) is 14.6. The maximum atomic E-state index is 6.40. The third-order valence-electron chi connectivity index (χ3n) is 3.60. The number of piperidine rings is 1. The minimum absolute atomic E-state index is 0.413. The van der Waals surface area contributed by atoms with Crippen LogP contribution >= 0.6 is 11.6 Å². The summed E-state index contributed by atoms with van der Waals surface area (Å²) in [5.41, 5.74) is 2.46. The Morgan fingerprint density at radius 1 is 1.37 bits per heavy atom. The summed E-state index contributed by atoms with van der Waals surface area (Å²) in [7, 11) is 1.96. The molecule has 1 aromatic rings. The number of para-hydroxylation sites is 1. The molecular weight excluding hydrogens is 260 g/mol. The van der Waals surface area contributed by atoms with E-state index in [1.165, 1.54) is 11.3 Å². The van der Waals surface area contributed by atoms with Crippen molar-refractivity contribution in [3.05, 3.63) is 28.8 Å². The number of rotatable bonds is 5. The summed E-state index contributed by atoms with van der Waals surface area (Å²) in [6.07, 6.45) is 2.58. The molecule has 0 bridgehead atoms. The van der Waals surface area contributed by atoms with Crippen LogP contribution in [0.3, 0.4) is 0 Å². The van der Waals surface area contributed by atoms with Crippen molar-refractivity contribution >= 4 is 17.3 Å². The highest BCUT2D eigenvalue weighted by molar-refractivity contribution is 6.33. The number of nitrogens with one attached hydrogen (secondary N) is 1. The largest absolute Gasteiger partial charge is 0.378 e. The SMILES string of the molecule is CCOC1CCN(c2c(Cl)cccc2CNC)CC1. The van der Waals surface area contributed by atoms with E-state index in [4.69, 9.17) is 16.3 Å². The average Bonchev–Trinajstić information content (AvgIpc) is 2.41. The van der Waals surface area contributed by atoms with Gasteiger partial charge in [0.25, 0.3) is 0 Å². The van der Waals surface area contributed by atoms with Gasteiger partial charge in [-0.3, -0.25) is 0 Å². The Kier molecular flexibility index (Phi) is 5.49. The molecule has 0 amide bonds. The Bertz CT molecular complexity index is 403. The normalized spacial score (nSPS) is 16.9. The van der Waals surface area contributed by atoms with Gasteiger partial charge >= 0.3 is 0 Å². The van der Waals surface area contributed by atoms with Crippen LogP contribution in [0.15, 0.2) is 18.2 Å². The molecule has 1 aliphatic rings. The first-order valence-electron chi connectivity index (χ1n) is 7.04. The van der Waals surface area contributed by atoms with Crippen molar-refractivity contribution in [2.75, 3.05) is 31.6 Å². The van der Waals surface area contributed by atoms with Crippen molar-refractivity contribution in [1.82, 2.24) is 5.32 Å². The predicted octanol–water partition coefficient (Wildman–Crippen LogP) is 3.06. The van der Waals surface area contributed by atoms with Crippen LogP contribution in [0.1, 0.15) is 25.3 Å². The zero-order valence-electron chi connectivity index (χ0n) is 11.8. The van der Waals surface area contributed by atoms with E-state index in [0.717, 1.165) is 44.1 Å². The smallest absolute Gasteiger partial charge is 0.0642 e. The van der Waals surface area contributed by atoms with Gasteiger partial charge in [-0.25, -0.2) is 0 Å². The van der Waals surface area contributed by atoms with Crippen molar-refractivity contribution in [3.8, 4) is 0 Å². The molecule has 1 saturated heterocycles. The van der Waals surface area contributed by atoms with E-state index in [2.05, 4.69) is 23.2 Å². The third kappa shape index (κ3) is 3.62. The van der Waals surface area contributed by atoms with Crippen LogP contribution < -0.4 is 10.2 Å². The maximum Gasteiger partial charge on any atom is 0.0642 e. The molecule has 19 heavy (non-hydrogen) atoms. The third-order valence-corrected chi connectivity index (χ3v) is 3.90. The zero-order valence-corrected chi connectivity index (χ0v) is 12.5. The van der Waals surface area contributed by atoms with E-state index in [-0.39, 0.29) is 0 Å². The fourth-order valence-electron chi connectivity index (χ4n) is 2.73. The van der Waals surface area contributed by atoms with E-state index in [0.29, 0.717) is 6.10 Å². The van der Waals surface area contributed by atoms with Gasteiger partial charge in [0.1, 0.15) is 0 Å². The van der Waals surface area contributed by atoms with Crippen LogP contribution in [0.25, 0.3) is 0 Å². The molecule has 3 nitrogen and oxygen atoms in total. The second-order valence-corrected chi connectivity index (χ2v) is 5.33. The lowest BCUT2D eigenvalue weighted by molar-refractivity contribution is 0.0459. The molecule has 0 saturated carbocycles. The number of hydrogen-bond donors (Lipinski definition) is 1. The van der Waals surface area contributed by atoms with E-state index in [1.54, 1.807) is 0 Å². The molecule has 106 valence electrons. The molecule has 0 spiro atoms. The van der Waals surface area contributed by atoms with E-state index in [9.17, 15) is 0 Å². The highest BCUT2D eigenvalue weighted by atomic mass is 35.5. The first-order valence-corrected chi connectivity index (χ1v) is 7.42. The second kappa shape index (κ2) is 7.13. The molecular formula is C15H23ClN2O. The zero-order chi connectivity index (χ0) is 13.7. The van der Waals surface area contributed by atoms with Crippen LogP contribution in [0.4, 0.5) is 5.69 Å². The Balaban J connectivity index is 2.10. The van der Waals surface area contributed by atoms with Gasteiger partial charge in [-0.15, -0.1) is 0 Å². The van der Waals surface area contributed by atoms with Crippen molar-refractivity contribution in [1.29, 1.82) is 0 Å². The average molecular weight is 283 g/mol. The van der Waals surface area contributed by atoms with Crippen molar-refractivity contribution in [2.24, 2.45) is 0 Å². The second-order valence-electron chi connectivity index (χ2n) is 4.92. The van der Waals surface area contributed by atoms with E-state index >= 15 is 0 Å². The monoisotopic (exact) mass is 282 g/mol. The van der Waals surface area contributed by atoms with E-state index < -0.39 is 0 Å². The first-order chi connectivity index (χ1) is 9.26. The fourth-order valence-corrected chi connectivity index (χ4v) is 3.04. The van der Waals surface area contributed by atoms with Crippen molar-refractivity contribution in [2.45, 2.75) is 32.4 Å². The summed E-state index contributed by atoms with van der Waals surface area (Å²) in [6, 6.07) is 6.14. The number of ether oxygens (including phenoxy) is 1. The topological polar surface area (TPSA) is 24.5 Å². The van der Waals surface area contributed by atoms with Crippen LogP contribution in [-0.4, -0.2) is 32.8 Å². The highest BCUT2D eigenvalue weighted by Gasteiger charge is 2.22. The Morgan fingerprint density at radius 2 is 2.11 bits per heavy atom. The minimum Gasteiger partial charge on any atom is -0.378 e. The lowest BCUT2D eigenvalue weighted by Crippen LogP contribution is -2.37. The summed E-state index contributed by atoms with van der Waals surface area (Å²) in [6.45, 7) is 5.75. The van der Waals surface area contributed by atoms with Gasteiger partial charge in [0, 0.05) is 26.2 Å². The molecule has 0 aromatic heterocycles. The van der Waals surface area contributed by atoms with Crippen molar-refractivity contribution < 1.29 is 4.74 Å². The standard InChI is InChI=1S/C15H23ClN2O/c1-3-19-13-7-9-18(10-8-13)15-12(11-17-2)5-4-6-14(15)16/h4-6,13,17H,3,7-11H2,1-2H3. The molecule has 1 fully saturated rings. The number of nitrogens with zero attached hydrogens (tertiary/aromatic N) is 1. The number of benzene rings is 1. The molecule has 1 aliphatic heterocycles. The Labute approximate surface area is 120 Å². The number of halogens is 1. The molecule has 1 heterocycles. The summed E-state index contributed by atoms with van der Waals surface area (Å²) in [4.78, 5) is 2.39. The van der Waals surface area contributed by atoms with Gasteiger partial charge < -0.3 is 15.0 Å². The quantitative estimate of drug-likeness (QED) is 0.898. The molecule has 0 radical (unpaired) electrons. The summed E-state index contributed by atoms with van der Waals surface area (Å²) in [5.74, 6) is 0. The van der Waals surface area contributed by atoms with E-state index in [1.807, 2.05) is 19.2 Å².